The predicted molar refractivity (Wildman–Crippen MR) is 63.9 cm³/mol. The second-order valence-corrected chi connectivity index (χ2v) is 3.76. The van der Waals surface area contributed by atoms with Gasteiger partial charge in [-0.25, -0.2) is 8.78 Å². The minimum Gasteiger partial charge on any atom is -0.457 e. The molecule has 2 nitrogen and oxygen atoms in total. The number of hydrogen-bond acceptors (Lipinski definition) is 2. The normalized spacial score (nSPS) is 12.4. The smallest absolute Gasteiger partial charge is 0.268 e. The van der Waals surface area contributed by atoms with Gasteiger partial charge in [0.1, 0.15) is 17.6 Å². The van der Waals surface area contributed by atoms with Gasteiger partial charge >= 0.3 is 0 Å². The van der Waals surface area contributed by atoms with Gasteiger partial charge in [0.15, 0.2) is 0 Å². The molecule has 0 aliphatic rings. The first-order valence-corrected chi connectivity index (χ1v) is 5.46. The molecule has 0 spiro atoms. The van der Waals surface area contributed by atoms with E-state index in [0.717, 1.165) is 0 Å². The Bertz CT molecular complexity index is 483. The lowest BCUT2D eigenvalue weighted by atomic mass is 10.1. The summed E-state index contributed by atoms with van der Waals surface area (Å²) in [5.74, 6) is 1.20. The van der Waals surface area contributed by atoms with Crippen LogP contribution in [0, 0.1) is 0 Å². The first-order chi connectivity index (χ1) is 8.66. The van der Waals surface area contributed by atoms with E-state index in [9.17, 15) is 13.9 Å². The monoisotopic (exact) mass is 250 g/mol. The van der Waals surface area contributed by atoms with E-state index in [1.807, 2.05) is 18.2 Å². The van der Waals surface area contributed by atoms with Gasteiger partial charge in [-0.05, 0) is 29.8 Å². The van der Waals surface area contributed by atoms with Crippen LogP contribution in [0.15, 0.2) is 54.6 Å². The third-order valence-electron chi connectivity index (χ3n) is 2.44. The maximum atomic E-state index is 12.3. The highest BCUT2D eigenvalue weighted by atomic mass is 19.3. The van der Waals surface area contributed by atoms with Crippen LogP contribution in [0.25, 0.3) is 0 Å². The van der Waals surface area contributed by atoms with E-state index in [0.29, 0.717) is 11.5 Å². The summed E-state index contributed by atoms with van der Waals surface area (Å²) in [4.78, 5) is 0. The van der Waals surface area contributed by atoms with Crippen molar-refractivity contribution in [3.05, 3.63) is 60.2 Å². The number of rotatable bonds is 4. The molecule has 0 heterocycles. The van der Waals surface area contributed by atoms with Crippen molar-refractivity contribution in [2.75, 3.05) is 0 Å². The van der Waals surface area contributed by atoms with Gasteiger partial charge in [-0.2, -0.15) is 0 Å². The molecular weight excluding hydrogens is 238 g/mol. The second kappa shape index (κ2) is 5.60. The van der Waals surface area contributed by atoms with Crippen molar-refractivity contribution in [2.45, 2.75) is 12.5 Å². The largest absolute Gasteiger partial charge is 0.457 e. The highest BCUT2D eigenvalue weighted by Crippen LogP contribution is 2.25. The molecule has 2 rings (SSSR count). The molecule has 18 heavy (non-hydrogen) atoms. The average Bonchev–Trinajstić information content (AvgIpc) is 2.40. The number of para-hydroxylation sites is 1. The van der Waals surface area contributed by atoms with Gasteiger partial charge in [0.25, 0.3) is 6.43 Å². The molecule has 0 aromatic heterocycles. The summed E-state index contributed by atoms with van der Waals surface area (Å²) in [5.41, 5.74) is 0.172. The minimum atomic E-state index is -2.79. The standard InChI is InChI=1S/C14H12F2O2/c15-14(16)13(17)10-6-8-12(9-7-10)18-11-4-2-1-3-5-11/h1-9,13-14,17H. The van der Waals surface area contributed by atoms with Crippen LogP contribution in [0.1, 0.15) is 11.7 Å². The Kier molecular flexibility index (Phi) is 3.89. The molecule has 0 aliphatic heterocycles. The average molecular weight is 250 g/mol. The number of hydrogen-bond donors (Lipinski definition) is 1. The van der Waals surface area contributed by atoms with Gasteiger partial charge in [-0.3, -0.25) is 0 Å². The molecule has 94 valence electrons. The molecule has 0 bridgehead atoms. The molecule has 0 saturated heterocycles. The first-order valence-electron chi connectivity index (χ1n) is 5.46. The lowest BCUT2D eigenvalue weighted by molar-refractivity contribution is -0.00579. The Balaban J connectivity index is 2.09. The van der Waals surface area contributed by atoms with E-state index in [4.69, 9.17) is 4.74 Å². The molecule has 2 aromatic rings. The van der Waals surface area contributed by atoms with E-state index < -0.39 is 12.5 Å². The summed E-state index contributed by atoms with van der Waals surface area (Å²) in [6.07, 6.45) is -4.54. The topological polar surface area (TPSA) is 29.5 Å². The number of alkyl halides is 2. The van der Waals surface area contributed by atoms with Crippen molar-refractivity contribution in [1.29, 1.82) is 0 Å². The number of aliphatic hydroxyl groups excluding tert-OH is 1. The van der Waals surface area contributed by atoms with E-state index >= 15 is 0 Å². The van der Waals surface area contributed by atoms with Gasteiger partial charge in [0.2, 0.25) is 0 Å². The highest BCUT2D eigenvalue weighted by Gasteiger charge is 2.18. The summed E-state index contributed by atoms with van der Waals surface area (Å²) < 4.78 is 30.1. The third kappa shape index (κ3) is 3.05. The van der Waals surface area contributed by atoms with E-state index in [-0.39, 0.29) is 5.56 Å². The molecule has 0 radical (unpaired) electrons. The first kappa shape index (κ1) is 12.5. The maximum absolute atomic E-state index is 12.3. The summed E-state index contributed by atoms with van der Waals surface area (Å²) in [7, 11) is 0. The molecular formula is C14H12F2O2. The van der Waals surface area contributed by atoms with Crippen molar-refractivity contribution in [2.24, 2.45) is 0 Å². The molecule has 0 fully saturated rings. The van der Waals surface area contributed by atoms with Crippen LogP contribution in [0.4, 0.5) is 8.78 Å². The molecule has 2 aromatic carbocycles. The lowest BCUT2D eigenvalue weighted by Gasteiger charge is -2.10. The third-order valence-corrected chi connectivity index (χ3v) is 2.44. The van der Waals surface area contributed by atoms with E-state index in [1.54, 1.807) is 24.3 Å². The fourth-order valence-corrected chi connectivity index (χ4v) is 1.50. The molecule has 0 saturated carbocycles. The Morgan fingerprint density at radius 1 is 0.833 bits per heavy atom. The second-order valence-electron chi connectivity index (χ2n) is 3.76. The summed E-state index contributed by atoms with van der Waals surface area (Å²) in [6.45, 7) is 0. The fourth-order valence-electron chi connectivity index (χ4n) is 1.50. The van der Waals surface area contributed by atoms with Crippen LogP contribution >= 0.6 is 0 Å². The molecule has 0 aliphatic carbocycles. The van der Waals surface area contributed by atoms with Crippen molar-refractivity contribution in [3.63, 3.8) is 0 Å². The molecule has 1 atom stereocenters. The molecule has 1 unspecified atom stereocenters. The van der Waals surface area contributed by atoms with Gasteiger partial charge in [0.05, 0.1) is 0 Å². The summed E-state index contributed by atoms with van der Waals surface area (Å²) in [5, 5.41) is 9.19. The number of aliphatic hydroxyl groups is 1. The maximum Gasteiger partial charge on any atom is 0.268 e. The SMILES string of the molecule is OC(c1ccc(Oc2ccccc2)cc1)C(F)F. The zero-order valence-corrected chi connectivity index (χ0v) is 9.46. The molecule has 1 N–H and O–H groups in total. The lowest BCUT2D eigenvalue weighted by Crippen LogP contribution is -2.07. The Labute approximate surface area is 103 Å². The Morgan fingerprint density at radius 3 is 1.94 bits per heavy atom. The Morgan fingerprint density at radius 2 is 1.39 bits per heavy atom. The highest BCUT2D eigenvalue weighted by molar-refractivity contribution is 5.33. The van der Waals surface area contributed by atoms with Crippen LogP contribution < -0.4 is 4.74 Å². The fraction of sp³-hybridized carbons (Fsp3) is 0.143. The van der Waals surface area contributed by atoms with Crippen LogP contribution in [-0.4, -0.2) is 11.5 Å². The Hall–Kier alpha value is -1.94. The van der Waals surface area contributed by atoms with Crippen molar-refractivity contribution in [3.8, 4) is 11.5 Å². The molecule has 4 heteroatoms. The van der Waals surface area contributed by atoms with Crippen molar-refractivity contribution >= 4 is 0 Å². The van der Waals surface area contributed by atoms with Crippen LogP contribution in [0.5, 0.6) is 11.5 Å². The van der Waals surface area contributed by atoms with Gasteiger partial charge < -0.3 is 9.84 Å². The zero-order chi connectivity index (χ0) is 13.0. The van der Waals surface area contributed by atoms with Crippen LogP contribution in [-0.2, 0) is 0 Å². The predicted octanol–water partition coefficient (Wildman–Crippen LogP) is 3.78. The van der Waals surface area contributed by atoms with E-state index in [1.165, 1.54) is 12.1 Å². The zero-order valence-electron chi connectivity index (χ0n) is 9.46. The summed E-state index contributed by atoms with van der Waals surface area (Å²) in [6, 6.07) is 15.1. The van der Waals surface area contributed by atoms with Crippen molar-refractivity contribution in [1.82, 2.24) is 0 Å². The quantitative estimate of drug-likeness (QED) is 0.894. The van der Waals surface area contributed by atoms with E-state index in [2.05, 4.69) is 0 Å². The van der Waals surface area contributed by atoms with Crippen LogP contribution in [0.3, 0.4) is 0 Å². The van der Waals surface area contributed by atoms with Gasteiger partial charge in [-0.1, -0.05) is 30.3 Å². The van der Waals surface area contributed by atoms with Gasteiger partial charge in [0, 0.05) is 0 Å². The minimum absolute atomic E-state index is 0.172. The molecule has 0 amide bonds. The number of halogens is 2. The number of benzene rings is 2. The summed E-state index contributed by atoms with van der Waals surface area (Å²) >= 11 is 0. The number of ether oxygens (including phenoxy) is 1. The van der Waals surface area contributed by atoms with Crippen molar-refractivity contribution < 1.29 is 18.6 Å². The van der Waals surface area contributed by atoms with Crippen LogP contribution in [0.2, 0.25) is 0 Å². The van der Waals surface area contributed by atoms with Gasteiger partial charge in [-0.15, -0.1) is 0 Å².